The predicted molar refractivity (Wildman–Crippen MR) is 105 cm³/mol. The molecule has 0 unspecified atom stereocenters. The van der Waals surface area contributed by atoms with Gasteiger partial charge in [-0.1, -0.05) is 48.5 Å². The highest BCUT2D eigenvalue weighted by molar-refractivity contribution is 5.86. The number of nitrogens with one attached hydrogen (secondary N) is 1. The van der Waals surface area contributed by atoms with E-state index in [1.165, 1.54) is 0 Å². The molecule has 142 valence electrons. The van der Waals surface area contributed by atoms with Gasteiger partial charge >= 0.3 is 6.09 Å². The first-order valence-corrected chi connectivity index (χ1v) is 9.19. The van der Waals surface area contributed by atoms with Crippen molar-refractivity contribution in [1.82, 2.24) is 10.2 Å². The molecule has 1 aliphatic rings. The van der Waals surface area contributed by atoms with Crippen molar-refractivity contribution in [3.05, 3.63) is 59.7 Å². The Labute approximate surface area is 160 Å². The van der Waals surface area contributed by atoms with Crippen LogP contribution in [0.2, 0.25) is 0 Å². The molecule has 0 saturated carbocycles. The molecule has 0 radical (unpaired) electrons. The van der Waals surface area contributed by atoms with E-state index in [1.807, 2.05) is 36.4 Å². The predicted octanol–water partition coefficient (Wildman–Crippen LogP) is 4.11. The first-order valence-electron chi connectivity index (χ1n) is 9.19. The zero-order chi connectivity index (χ0) is 19.6. The quantitative estimate of drug-likeness (QED) is 0.870. The summed E-state index contributed by atoms with van der Waals surface area (Å²) in [6.07, 6.45) is -0.584. The van der Waals surface area contributed by atoms with Gasteiger partial charge in [-0.3, -0.25) is 4.79 Å². The summed E-state index contributed by atoms with van der Waals surface area (Å²) in [6, 6.07) is 15.6. The first kappa shape index (κ1) is 19.0. The Morgan fingerprint density at radius 2 is 1.44 bits per heavy atom. The van der Waals surface area contributed by atoms with Crippen molar-refractivity contribution in [1.29, 1.82) is 0 Å². The lowest BCUT2D eigenvalue weighted by atomic mass is 9.97. The van der Waals surface area contributed by atoms with Crippen LogP contribution in [-0.2, 0) is 22.6 Å². The Kier molecular flexibility index (Phi) is 5.22. The van der Waals surface area contributed by atoms with E-state index in [4.69, 9.17) is 4.74 Å². The van der Waals surface area contributed by atoms with Gasteiger partial charge in [-0.15, -0.1) is 0 Å². The highest BCUT2D eigenvalue weighted by atomic mass is 16.6. The van der Waals surface area contributed by atoms with Gasteiger partial charge in [-0.2, -0.15) is 0 Å². The van der Waals surface area contributed by atoms with Gasteiger partial charge in [0, 0.05) is 13.1 Å². The summed E-state index contributed by atoms with van der Waals surface area (Å²) in [5, 5.41) is 2.65. The number of fused-ring (bicyclic) bond motifs is 3. The second-order valence-corrected chi connectivity index (χ2v) is 7.88. The maximum Gasteiger partial charge on any atom is 0.408 e. The number of alkyl carbamates (subject to hydrolysis) is 1. The van der Waals surface area contributed by atoms with Crippen molar-refractivity contribution >= 4 is 12.0 Å². The fraction of sp³-hybridized carbons (Fsp3) is 0.364. The SMILES string of the molecule is C[C@@H](NC(=O)OC(C)(C)C)C(=O)N1Cc2ccccc2-c2ccccc2C1. The molecule has 0 fully saturated rings. The maximum atomic E-state index is 13.0. The fourth-order valence-electron chi connectivity index (χ4n) is 3.28. The molecule has 0 spiro atoms. The van der Waals surface area contributed by atoms with Crippen LogP contribution in [0.3, 0.4) is 0 Å². The molecule has 1 heterocycles. The van der Waals surface area contributed by atoms with E-state index in [0.29, 0.717) is 13.1 Å². The van der Waals surface area contributed by atoms with Gasteiger partial charge < -0.3 is 15.0 Å². The van der Waals surface area contributed by atoms with Crippen LogP contribution < -0.4 is 5.32 Å². The van der Waals surface area contributed by atoms with Gasteiger partial charge in [0.2, 0.25) is 5.91 Å². The van der Waals surface area contributed by atoms with Crippen LogP contribution in [0.15, 0.2) is 48.5 Å². The minimum atomic E-state index is -0.669. The van der Waals surface area contributed by atoms with Crippen LogP contribution in [0.4, 0.5) is 4.79 Å². The average Bonchev–Trinajstić information content (AvgIpc) is 2.76. The maximum absolute atomic E-state index is 13.0. The van der Waals surface area contributed by atoms with Gasteiger partial charge in [-0.25, -0.2) is 4.79 Å². The molecule has 0 saturated heterocycles. The molecule has 5 heteroatoms. The van der Waals surface area contributed by atoms with E-state index in [-0.39, 0.29) is 5.91 Å². The summed E-state index contributed by atoms with van der Waals surface area (Å²) in [5.74, 6) is -0.132. The first-order chi connectivity index (χ1) is 12.7. The van der Waals surface area contributed by atoms with Crippen LogP contribution in [0, 0.1) is 0 Å². The molecule has 5 nitrogen and oxygen atoms in total. The molecule has 1 atom stereocenters. The van der Waals surface area contributed by atoms with E-state index in [2.05, 4.69) is 17.4 Å². The van der Waals surface area contributed by atoms with Crippen LogP contribution in [0.5, 0.6) is 0 Å². The van der Waals surface area contributed by atoms with Crippen molar-refractivity contribution in [2.75, 3.05) is 0 Å². The number of amides is 2. The monoisotopic (exact) mass is 366 g/mol. The van der Waals surface area contributed by atoms with Gasteiger partial charge in [0.05, 0.1) is 0 Å². The molecular weight excluding hydrogens is 340 g/mol. The van der Waals surface area contributed by atoms with Gasteiger partial charge in [0.1, 0.15) is 11.6 Å². The van der Waals surface area contributed by atoms with Crippen molar-refractivity contribution in [3.63, 3.8) is 0 Å². The molecule has 2 aromatic carbocycles. The number of carbonyl (C=O) groups excluding carboxylic acids is 2. The molecular formula is C22H26N2O3. The summed E-state index contributed by atoms with van der Waals surface area (Å²) in [5.41, 5.74) is 3.89. The largest absolute Gasteiger partial charge is 0.444 e. The lowest BCUT2D eigenvalue weighted by Gasteiger charge is -2.26. The second kappa shape index (κ2) is 7.43. The summed E-state index contributed by atoms with van der Waals surface area (Å²) in [7, 11) is 0. The molecule has 27 heavy (non-hydrogen) atoms. The summed E-state index contributed by atoms with van der Waals surface area (Å²) < 4.78 is 5.26. The zero-order valence-electron chi connectivity index (χ0n) is 16.3. The Morgan fingerprint density at radius 3 is 1.93 bits per heavy atom. The summed E-state index contributed by atoms with van der Waals surface area (Å²) >= 11 is 0. The van der Waals surface area contributed by atoms with E-state index in [9.17, 15) is 9.59 Å². The smallest absolute Gasteiger partial charge is 0.408 e. The number of hydrogen-bond acceptors (Lipinski definition) is 3. The third-order valence-electron chi connectivity index (χ3n) is 4.46. The third-order valence-corrected chi connectivity index (χ3v) is 4.46. The number of carbonyl (C=O) groups is 2. The number of rotatable bonds is 2. The van der Waals surface area contributed by atoms with Crippen LogP contribution in [0.25, 0.3) is 11.1 Å². The summed E-state index contributed by atoms with van der Waals surface area (Å²) in [6.45, 7) is 8.08. The average molecular weight is 366 g/mol. The van der Waals surface area contributed by atoms with Crippen molar-refractivity contribution in [2.45, 2.75) is 52.4 Å². The van der Waals surface area contributed by atoms with Gasteiger partial charge in [0.25, 0.3) is 0 Å². The van der Waals surface area contributed by atoms with Gasteiger partial charge in [0.15, 0.2) is 0 Å². The van der Waals surface area contributed by atoms with Crippen LogP contribution in [-0.4, -0.2) is 28.5 Å². The van der Waals surface area contributed by atoms with Crippen molar-refractivity contribution in [2.24, 2.45) is 0 Å². The molecule has 1 aliphatic heterocycles. The summed E-state index contributed by atoms with van der Waals surface area (Å²) in [4.78, 5) is 26.8. The Hall–Kier alpha value is -2.82. The molecule has 0 aromatic heterocycles. The molecule has 2 aromatic rings. The minimum absolute atomic E-state index is 0.132. The molecule has 1 N–H and O–H groups in total. The Morgan fingerprint density at radius 1 is 0.963 bits per heavy atom. The van der Waals surface area contributed by atoms with Gasteiger partial charge in [-0.05, 0) is 49.9 Å². The number of ether oxygens (including phenoxy) is 1. The topological polar surface area (TPSA) is 58.6 Å². The molecule has 2 amide bonds. The molecule has 3 rings (SSSR count). The number of nitrogens with zero attached hydrogens (tertiary/aromatic N) is 1. The Bertz CT molecular complexity index is 807. The molecule has 0 aliphatic carbocycles. The minimum Gasteiger partial charge on any atom is -0.444 e. The normalized spacial score (nSPS) is 14.4. The second-order valence-electron chi connectivity index (χ2n) is 7.88. The highest BCUT2D eigenvalue weighted by Crippen LogP contribution is 2.32. The third kappa shape index (κ3) is 4.48. The number of hydrogen-bond donors (Lipinski definition) is 1. The van der Waals surface area contributed by atoms with E-state index in [1.54, 1.807) is 32.6 Å². The van der Waals surface area contributed by atoms with Crippen molar-refractivity contribution < 1.29 is 14.3 Å². The van der Waals surface area contributed by atoms with Crippen LogP contribution >= 0.6 is 0 Å². The lowest BCUT2D eigenvalue weighted by Crippen LogP contribution is -2.47. The molecule has 0 bridgehead atoms. The Balaban J connectivity index is 1.81. The highest BCUT2D eigenvalue weighted by Gasteiger charge is 2.27. The fourth-order valence-corrected chi connectivity index (χ4v) is 3.28. The van der Waals surface area contributed by atoms with Crippen molar-refractivity contribution in [3.8, 4) is 11.1 Å². The zero-order valence-corrected chi connectivity index (χ0v) is 16.3. The lowest BCUT2D eigenvalue weighted by molar-refractivity contribution is -0.134. The van der Waals surface area contributed by atoms with E-state index in [0.717, 1.165) is 22.3 Å². The van der Waals surface area contributed by atoms with E-state index >= 15 is 0 Å². The number of benzene rings is 2. The standard InChI is InChI=1S/C22H26N2O3/c1-15(23-21(26)27-22(2,3)4)20(25)24-13-16-9-5-7-11-18(16)19-12-8-6-10-17(19)14-24/h5-12,15H,13-14H2,1-4H3,(H,23,26)/t15-/m1/s1. The van der Waals surface area contributed by atoms with Crippen LogP contribution in [0.1, 0.15) is 38.8 Å². The van der Waals surface area contributed by atoms with E-state index < -0.39 is 17.7 Å².